The third-order valence-corrected chi connectivity index (χ3v) is 3.59. The van der Waals surface area contributed by atoms with Crippen molar-refractivity contribution in [3.8, 4) is 11.8 Å². The molecule has 0 amide bonds. The Morgan fingerprint density at radius 3 is 2.82 bits per heavy atom. The van der Waals surface area contributed by atoms with Gasteiger partial charge in [0.15, 0.2) is 11.3 Å². The van der Waals surface area contributed by atoms with Crippen LogP contribution >= 0.6 is 0 Å². The van der Waals surface area contributed by atoms with E-state index in [4.69, 9.17) is 4.74 Å². The van der Waals surface area contributed by atoms with E-state index in [2.05, 4.69) is 21.1 Å². The summed E-state index contributed by atoms with van der Waals surface area (Å²) in [6, 6.07) is 9.85. The first-order valence-corrected chi connectivity index (χ1v) is 7.02. The molecule has 3 aromatic rings. The van der Waals surface area contributed by atoms with Crippen LogP contribution in [0.25, 0.3) is 21.9 Å². The van der Waals surface area contributed by atoms with Crippen LogP contribution in [-0.2, 0) is 6.54 Å². The summed E-state index contributed by atoms with van der Waals surface area (Å²) in [5.41, 5.74) is 1.99. The van der Waals surface area contributed by atoms with E-state index in [0.717, 1.165) is 34.2 Å². The summed E-state index contributed by atoms with van der Waals surface area (Å²) in [4.78, 5) is 6.76. The van der Waals surface area contributed by atoms with Crippen LogP contribution in [0.4, 0.5) is 0 Å². The molecule has 0 atom stereocenters. The van der Waals surface area contributed by atoms with Crippen LogP contribution in [0.3, 0.4) is 0 Å². The molecule has 112 valence electrons. The van der Waals surface area contributed by atoms with Crippen LogP contribution < -0.4 is 4.74 Å². The Morgan fingerprint density at radius 1 is 1.32 bits per heavy atom. The molecular weight excluding hydrogens is 278 g/mol. The van der Waals surface area contributed by atoms with Crippen molar-refractivity contribution in [2.75, 3.05) is 27.7 Å². The van der Waals surface area contributed by atoms with Crippen LogP contribution in [0, 0.1) is 11.3 Å². The zero-order valence-electron chi connectivity index (χ0n) is 12.9. The molecule has 6 heteroatoms. The van der Waals surface area contributed by atoms with Gasteiger partial charge in [0.25, 0.3) is 0 Å². The molecule has 0 aliphatic carbocycles. The van der Waals surface area contributed by atoms with Gasteiger partial charge in [0.2, 0.25) is 0 Å². The SMILES string of the molecule is COc1ccc2cc3c(C#N)nn(CCN(C)C)c3nc2c1. The number of hydrogen-bond donors (Lipinski definition) is 0. The Bertz CT molecular complexity index is 875. The van der Waals surface area contributed by atoms with Gasteiger partial charge in [-0.1, -0.05) is 0 Å². The number of likely N-dealkylation sites (N-methyl/N-ethyl adjacent to an activating group) is 1. The smallest absolute Gasteiger partial charge is 0.172 e. The second-order valence-electron chi connectivity index (χ2n) is 5.40. The lowest BCUT2D eigenvalue weighted by Crippen LogP contribution is -2.19. The quantitative estimate of drug-likeness (QED) is 0.736. The number of fused-ring (bicyclic) bond motifs is 2. The molecule has 0 aliphatic rings. The number of pyridine rings is 1. The van der Waals surface area contributed by atoms with Crippen molar-refractivity contribution in [1.29, 1.82) is 5.26 Å². The highest BCUT2D eigenvalue weighted by molar-refractivity contribution is 5.94. The molecule has 2 heterocycles. The van der Waals surface area contributed by atoms with E-state index in [9.17, 15) is 5.26 Å². The second kappa shape index (κ2) is 5.62. The Balaban J connectivity index is 2.19. The van der Waals surface area contributed by atoms with Gasteiger partial charge in [-0.2, -0.15) is 10.4 Å². The maximum Gasteiger partial charge on any atom is 0.172 e. The van der Waals surface area contributed by atoms with E-state index in [0.29, 0.717) is 12.2 Å². The Morgan fingerprint density at radius 2 is 2.14 bits per heavy atom. The predicted octanol–water partition coefficient (Wildman–Crippen LogP) is 2.03. The molecule has 0 saturated carbocycles. The van der Waals surface area contributed by atoms with Gasteiger partial charge in [0, 0.05) is 18.0 Å². The van der Waals surface area contributed by atoms with Gasteiger partial charge in [-0.25, -0.2) is 9.67 Å². The molecule has 6 nitrogen and oxygen atoms in total. The average molecular weight is 295 g/mol. The van der Waals surface area contributed by atoms with Gasteiger partial charge >= 0.3 is 0 Å². The van der Waals surface area contributed by atoms with Crippen LogP contribution in [0.1, 0.15) is 5.69 Å². The largest absolute Gasteiger partial charge is 0.497 e. The van der Waals surface area contributed by atoms with Gasteiger partial charge in [-0.3, -0.25) is 0 Å². The summed E-state index contributed by atoms with van der Waals surface area (Å²) >= 11 is 0. The number of methoxy groups -OCH3 is 1. The summed E-state index contributed by atoms with van der Waals surface area (Å²) < 4.78 is 7.05. The maximum atomic E-state index is 9.30. The molecule has 0 saturated heterocycles. The van der Waals surface area contributed by atoms with E-state index in [1.807, 2.05) is 38.4 Å². The lowest BCUT2D eigenvalue weighted by Gasteiger charge is -2.09. The van der Waals surface area contributed by atoms with Crippen molar-refractivity contribution in [2.24, 2.45) is 0 Å². The molecule has 0 aliphatic heterocycles. The van der Waals surface area contributed by atoms with Gasteiger partial charge in [-0.05, 0) is 32.3 Å². The lowest BCUT2D eigenvalue weighted by atomic mass is 10.1. The molecule has 22 heavy (non-hydrogen) atoms. The Kier molecular flexibility index (Phi) is 3.65. The number of nitriles is 1. The minimum absolute atomic E-state index is 0.416. The fourth-order valence-corrected chi connectivity index (χ4v) is 2.39. The first kappa shape index (κ1) is 14.3. The first-order valence-electron chi connectivity index (χ1n) is 7.02. The zero-order chi connectivity index (χ0) is 15.7. The normalized spacial score (nSPS) is 11.2. The fraction of sp³-hybridized carbons (Fsp3) is 0.312. The molecule has 0 fully saturated rings. The highest BCUT2D eigenvalue weighted by Gasteiger charge is 2.13. The van der Waals surface area contributed by atoms with Crippen LogP contribution in [0.15, 0.2) is 24.3 Å². The predicted molar refractivity (Wildman–Crippen MR) is 84.9 cm³/mol. The fourth-order valence-electron chi connectivity index (χ4n) is 2.39. The lowest BCUT2D eigenvalue weighted by molar-refractivity contribution is 0.376. The summed E-state index contributed by atoms with van der Waals surface area (Å²) in [6.45, 7) is 1.52. The Hall–Kier alpha value is -2.65. The highest BCUT2D eigenvalue weighted by Crippen LogP contribution is 2.25. The molecule has 0 N–H and O–H groups in total. The number of rotatable bonds is 4. The highest BCUT2D eigenvalue weighted by atomic mass is 16.5. The third kappa shape index (κ3) is 2.47. The van der Waals surface area contributed by atoms with Crippen molar-refractivity contribution >= 4 is 21.9 Å². The van der Waals surface area contributed by atoms with Crippen LogP contribution in [0.5, 0.6) is 5.75 Å². The first-order chi connectivity index (χ1) is 10.6. The van der Waals surface area contributed by atoms with E-state index < -0.39 is 0 Å². The van der Waals surface area contributed by atoms with Crippen molar-refractivity contribution in [2.45, 2.75) is 6.54 Å². The van der Waals surface area contributed by atoms with Gasteiger partial charge in [0.1, 0.15) is 11.8 Å². The number of ether oxygens (including phenoxy) is 1. The average Bonchev–Trinajstić information content (AvgIpc) is 2.87. The van der Waals surface area contributed by atoms with Crippen molar-refractivity contribution in [1.82, 2.24) is 19.7 Å². The van der Waals surface area contributed by atoms with E-state index in [1.165, 1.54) is 0 Å². The monoisotopic (exact) mass is 295 g/mol. The van der Waals surface area contributed by atoms with E-state index in [1.54, 1.807) is 11.8 Å². The number of hydrogen-bond acceptors (Lipinski definition) is 5. The van der Waals surface area contributed by atoms with Gasteiger partial charge in [0.05, 0.1) is 24.6 Å². The number of aromatic nitrogens is 3. The summed E-state index contributed by atoms with van der Waals surface area (Å²) in [5, 5.41) is 15.4. The Labute approximate surface area is 128 Å². The molecule has 0 radical (unpaired) electrons. The van der Waals surface area contributed by atoms with Crippen molar-refractivity contribution in [3.05, 3.63) is 30.0 Å². The topological polar surface area (TPSA) is 67.0 Å². The zero-order valence-corrected chi connectivity index (χ0v) is 12.9. The molecule has 3 rings (SSSR count). The number of benzene rings is 1. The van der Waals surface area contributed by atoms with E-state index >= 15 is 0 Å². The summed E-state index contributed by atoms with van der Waals surface area (Å²) in [6.07, 6.45) is 0. The van der Waals surface area contributed by atoms with Crippen molar-refractivity contribution in [3.63, 3.8) is 0 Å². The van der Waals surface area contributed by atoms with Gasteiger partial charge in [-0.15, -0.1) is 0 Å². The molecular formula is C16H17N5O. The maximum absolute atomic E-state index is 9.30. The van der Waals surface area contributed by atoms with Crippen molar-refractivity contribution < 1.29 is 4.74 Å². The third-order valence-electron chi connectivity index (χ3n) is 3.59. The van der Waals surface area contributed by atoms with Gasteiger partial charge < -0.3 is 9.64 Å². The van der Waals surface area contributed by atoms with E-state index in [-0.39, 0.29) is 0 Å². The van der Waals surface area contributed by atoms with Crippen LogP contribution in [-0.4, -0.2) is 47.4 Å². The number of nitrogens with zero attached hydrogens (tertiary/aromatic N) is 5. The molecule has 1 aromatic carbocycles. The summed E-state index contributed by atoms with van der Waals surface area (Å²) in [5.74, 6) is 0.763. The second-order valence-corrected chi connectivity index (χ2v) is 5.40. The molecule has 0 spiro atoms. The molecule has 2 aromatic heterocycles. The standard InChI is InChI=1S/C16H17N5O/c1-20(2)6-7-21-16-13(15(10-17)19-21)8-11-4-5-12(22-3)9-14(11)18-16/h4-5,8-9H,6-7H2,1-3H3. The summed E-state index contributed by atoms with van der Waals surface area (Å²) in [7, 11) is 5.64. The minimum atomic E-state index is 0.416. The molecule has 0 bridgehead atoms. The minimum Gasteiger partial charge on any atom is -0.497 e. The molecule has 0 unspecified atom stereocenters. The van der Waals surface area contributed by atoms with Crippen LogP contribution in [0.2, 0.25) is 0 Å².